The Kier molecular flexibility index (Phi) is 6.50. The van der Waals surface area contributed by atoms with Crippen LogP contribution in [0, 0.1) is 0 Å². The van der Waals surface area contributed by atoms with Gasteiger partial charge in [-0.25, -0.2) is 9.79 Å². The van der Waals surface area contributed by atoms with E-state index in [0.717, 1.165) is 17.5 Å². The van der Waals surface area contributed by atoms with Crippen LogP contribution in [0.2, 0.25) is 0 Å². The van der Waals surface area contributed by atoms with Gasteiger partial charge in [0, 0.05) is 5.71 Å². The number of ether oxygens (including phenoxy) is 2. The Labute approximate surface area is 122 Å². The summed E-state index contributed by atoms with van der Waals surface area (Å²) in [5.74, 6) is -1.01. The van der Waals surface area contributed by atoms with Crippen LogP contribution in [-0.2, 0) is 19.1 Å². The number of rotatable bonds is 5. The SMILES string of the molecule is CCOC(=O)[C@H]1SC(NN=C(C)C)=N[C@H]1C(=O)OCC. The van der Waals surface area contributed by atoms with E-state index in [-0.39, 0.29) is 13.2 Å². The molecule has 0 radical (unpaired) electrons. The third-order valence-electron chi connectivity index (χ3n) is 2.20. The van der Waals surface area contributed by atoms with E-state index >= 15 is 0 Å². The van der Waals surface area contributed by atoms with E-state index < -0.39 is 23.2 Å². The lowest BCUT2D eigenvalue weighted by molar-refractivity contribution is -0.150. The molecule has 1 N–H and O–H groups in total. The summed E-state index contributed by atoms with van der Waals surface area (Å²) in [7, 11) is 0. The van der Waals surface area contributed by atoms with E-state index in [9.17, 15) is 9.59 Å². The van der Waals surface area contributed by atoms with Crippen molar-refractivity contribution < 1.29 is 19.1 Å². The molecule has 1 rings (SSSR count). The van der Waals surface area contributed by atoms with Crippen molar-refractivity contribution in [1.29, 1.82) is 0 Å². The van der Waals surface area contributed by atoms with Crippen molar-refractivity contribution in [1.82, 2.24) is 5.43 Å². The van der Waals surface area contributed by atoms with Gasteiger partial charge in [-0.05, 0) is 27.7 Å². The van der Waals surface area contributed by atoms with E-state index in [4.69, 9.17) is 9.47 Å². The maximum Gasteiger partial charge on any atom is 0.332 e. The van der Waals surface area contributed by atoms with Crippen molar-refractivity contribution >= 4 is 34.6 Å². The number of hydrogen-bond donors (Lipinski definition) is 1. The van der Waals surface area contributed by atoms with Crippen LogP contribution >= 0.6 is 11.8 Å². The predicted molar refractivity (Wildman–Crippen MR) is 77.8 cm³/mol. The molecule has 112 valence electrons. The lowest BCUT2D eigenvalue weighted by atomic mass is 10.2. The molecule has 0 saturated carbocycles. The van der Waals surface area contributed by atoms with Crippen LogP contribution in [0.4, 0.5) is 0 Å². The van der Waals surface area contributed by atoms with Crippen molar-refractivity contribution in [3.8, 4) is 0 Å². The Bertz CT molecular complexity index is 432. The number of hydrogen-bond acceptors (Lipinski definition) is 8. The van der Waals surface area contributed by atoms with Gasteiger partial charge in [-0.1, -0.05) is 11.8 Å². The minimum atomic E-state index is -0.895. The molecule has 0 bridgehead atoms. The van der Waals surface area contributed by atoms with E-state index in [1.165, 1.54) is 0 Å². The summed E-state index contributed by atoms with van der Waals surface area (Å²) in [6.07, 6.45) is 0. The summed E-state index contributed by atoms with van der Waals surface area (Å²) in [4.78, 5) is 27.8. The zero-order valence-electron chi connectivity index (χ0n) is 12.0. The van der Waals surface area contributed by atoms with Gasteiger partial charge in [0.1, 0.15) is 5.25 Å². The zero-order chi connectivity index (χ0) is 15.1. The quantitative estimate of drug-likeness (QED) is 0.462. The van der Waals surface area contributed by atoms with Crippen LogP contribution in [0.25, 0.3) is 0 Å². The van der Waals surface area contributed by atoms with Gasteiger partial charge in [-0.3, -0.25) is 10.2 Å². The largest absolute Gasteiger partial charge is 0.465 e. The van der Waals surface area contributed by atoms with Gasteiger partial charge in [0.15, 0.2) is 11.2 Å². The van der Waals surface area contributed by atoms with E-state index in [1.807, 2.05) is 13.8 Å². The van der Waals surface area contributed by atoms with Crippen molar-refractivity contribution in [2.75, 3.05) is 13.2 Å². The normalized spacial score (nSPS) is 20.9. The second kappa shape index (κ2) is 7.88. The highest BCUT2D eigenvalue weighted by Gasteiger charge is 2.42. The molecule has 0 aromatic rings. The molecular weight excluding hydrogens is 282 g/mol. The molecule has 0 saturated heterocycles. The molecule has 20 heavy (non-hydrogen) atoms. The monoisotopic (exact) mass is 301 g/mol. The molecule has 1 aliphatic rings. The Hall–Kier alpha value is -1.57. The topological polar surface area (TPSA) is 89.4 Å². The minimum absolute atomic E-state index is 0.236. The molecular formula is C12H19N3O4S. The van der Waals surface area contributed by atoms with Gasteiger partial charge < -0.3 is 9.47 Å². The molecule has 1 aliphatic heterocycles. The van der Waals surface area contributed by atoms with Gasteiger partial charge in [-0.15, -0.1) is 0 Å². The highest BCUT2D eigenvalue weighted by molar-refractivity contribution is 8.15. The number of nitrogens with one attached hydrogen (secondary N) is 1. The van der Waals surface area contributed by atoms with Crippen molar-refractivity contribution in [3.05, 3.63) is 0 Å². The summed E-state index contributed by atoms with van der Waals surface area (Å²) < 4.78 is 9.88. The number of nitrogens with zero attached hydrogens (tertiary/aromatic N) is 2. The molecule has 2 atom stereocenters. The third kappa shape index (κ3) is 4.52. The molecule has 0 amide bonds. The Morgan fingerprint density at radius 1 is 1.25 bits per heavy atom. The van der Waals surface area contributed by atoms with Crippen LogP contribution < -0.4 is 5.43 Å². The zero-order valence-corrected chi connectivity index (χ0v) is 12.8. The molecule has 0 spiro atoms. The van der Waals surface area contributed by atoms with Crippen LogP contribution in [0.15, 0.2) is 10.1 Å². The lowest BCUT2D eigenvalue weighted by Gasteiger charge is -2.13. The van der Waals surface area contributed by atoms with Crippen molar-refractivity contribution in [2.45, 2.75) is 39.0 Å². The molecule has 0 aliphatic carbocycles. The number of carbonyl (C=O) groups is 2. The van der Waals surface area contributed by atoms with Gasteiger partial charge in [0.05, 0.1) is 13.2 Å². The maximum atomic E-state index is 11.9. The number of amidine groups is 1. The van der Waals surface area contributed by atoms with E-state index in [2.05, 4.69) is 15.5 Å². The summed E-state index contributed by atoms with van der Waals surface area (Å²) >= 11 is 1.12. The fourth-order valence-corrected chi connectivity index (χ4v) is 2.41. The van der Waals surface area contributed by atoms with Crippen LogP contribution in [0.1, 0.15) is 27.7 Å². The van der Waals surface area contributed by atoms with Gasteiger partial charge in [0.2, 0.25) is 0 Å². The lowest BCUT2D eigenvalue weighted by Crippen LogP contribution is -2.36. The first kappa shape index (κ1) is 16.5. The van der Waals surface area contributed by atoms with E-state index in [1.54, 1.807) is 13.8 Å². The summed E-state index contributed by atoms with van der Waals surface area (Å²) in [5.41, 5.74) is 3.53. The second-order valence-electron chi connectivity index (χ2n) is 4.09. The number of carbonyl (C=O) groups excluding carboxylic acids is 2. The third-order valence-corrected chi connectivity index (χ3v) is 3.33. The van der Waals surface area contributed by atoms with Gasteiger partial charge in [-0.2, -0.15) is 5.10 Å². The minimum Gasteiger partial charge on any atom is -0.465 e. The number of hydrazone groups is 1. The molecule has 0 unspecified atom stereocenters. The Morgan fingerprint density at radius 3 is 2.40 bits per heavy atom. The summed E-state index contributed by atoms with van der Waals surface area (Å²) in [5, 5.41) is 3.67. The fraction of sp³-hybridized carbons (Fsp3) is 0.667. The first-order chi connectivity index (χ1) is 9.49. The molecule has 1 heterocycles. The molecule has 7 nitrogen and oxygen atoms in total. The fourth-order valence-electron chi connectivity index (χ4n) is 1.43. The van der Waals surface area contributed by atoms with Gasteiger partial charge in [0.25, 0.3) is 0 Å². The van der Waals surface area contributed by atoms with Crippen LogP contribution in [0.3, 0.4) is 0 Å². The Morgan fingerprint density at radius 2 is 1.85 bits per heavy atom. The molecule has 0 aromatic heterocycles. The molecule has 0 fully saturated rings. The Balaban J connectivity index is 2.82. The number of esters is 2. The first-order valence-corrected chi connectivity index (χ1v) is 7.22. The predicted octanol–water partition coefficient (Wildman–Crippen LogP) is 0.938. The highest BCUT2D eigenvalue weighted by atomic mass is 32.2. The summed E-state index contributed by atoms with van der Waals surface area (Å²) in [6.45, 7) is 7.53. The first-order valence-electron chi connectivity index (χ1n) is 6.34. The van der Waals surface area contributed by atoms with Crippen molar-refractivity contribution in [2.24, 2.45) is 10.1 Å². The highest BCUT2D eigenvalue weighted by Crippen LogP contribution is 2.28. The smallest absolute Gasteiger partial charge is 0.332 e. The maximum absolute atomic E-state index is 11.9. The second-order valence-corrected chi connectivity index (χ2v) is 5.22. The molecule has 0 aromatic carbocycles. The van der Waals surface area contributed by atoms with E-state index in [0.29, 0.717) is 5.17 Å². The number of aliphatic imine (C=N–C) groups is 1. The van der Waals surface area contributed by atoms with Crippen LogP contribution in [0.5, 0.6) is 0 Å². The summed E-state index contributed by atoms with van der Waals surface area (Å²) in [6, 6.07) is -0.895. The van der Waals surface area contributed by atoms with Crippen molar-refractivity contribution in [3.63, 3.8) is 0 Å². The standard InChI is InChI=1S/C12H19N3O4S/c1-5-18-10(16)8-9(11(17)19-6-2)20-12(13-8)15-14-7(3)4/h8-9H,5-6H2,1-4H3,(H,13,15)/t8-,9+/m1/s1. The average Bonchev–Trinajstić information content (AvgIpc) is 2.81. The number of thioether (sulfide) groups is 1. The molecule has 8 heteroatoms. The van der Waals surface area contributed by atoms with Crippen LogP contribution in [-0.4, -0.2) is 47.3 Å². The average molecular weight is 301 g/mol. The van der Waals surface area contributed by atoms with Gasteiger partial charge >= 0.3 is 11.9 Å².